The Hall–Kier alpha value is -1.29. The van der Waals surface area contributed by atoms with Crippen LogP contribution in [0.3, 0.4) is 0 Å². The van der Waals surface area contributed by atoms with Crippen molar-refractivity contribution in [3.8, 4) is 0 Å². The Balaban J connectivity index is 2.73. The number of halogens is 3. The molecule has 1 unspecified atom stereocenters. The van der Waals surface area contributed by atoms with E-state index >= 15 is 0 Å². The second-order valence-corrected chi connectivity index (χ2v) is 5.01. The van der Waals surface area contributed by atoms with Gasteiger partial charge < -0.3 is 4.74 Å². The molecule has 0 aromatic heterocycles. The zero-order valence-corrected chi connectivity index (χ0v) is 11.7. The van der Waals surface area contributed by atoms with E-state index in [0.29, 0.717) is 0 Å². The van der Waals surface area contributed by atoms with E-state index in [0.717, 1.165) is 31.8 Å². The number of hydrogen-bond acceptors (Lipinski definition) is 1. The summed E-state index contributed by atoms with van der Waals surface area (Å²) in [7, 11) is 0. The standard InChI is InChI=1S/C16H21F3O/c1-3-12-15(2,16(17,18)19)20-13-14-10-8-6-4-5-7-9-11-14/h3-4,6,8,10-11H,1,5,7,9,12-13H2,2H3/b6-4+,10-8?,14-11?. The minimum Gasteiger partial charge on any atom is -0.361 e. The van der Waals surface area contributed by atoms with Gasteiger partial charge in [0.2, 0.25) is 0 Å². The van der Waals surface area contributed by atoms with E-state index in [4.69, 9.17) is 4.74 Å². The van der Waals surface area contributed by atoms with Crippen molar-refractivity contribution in [2.45, 2.75) is 44.4 Å². The minimum absolute atomic E-state index is 0.0474. The Morgan fingerprint density at radius 3 is 2.70 bits per heavy atom. The average Bonchev–Trinajstić information content (AvgIpc) is 2.49. The monoisotopic (exact) mass is 286 g/mol. The molecular formula is C16H21F3O. The van der Waals surface area contributed by atoms with Crippen molar-refractivity contribution in [1.82, 2.24) is 0 Å². The van der Waals surface area contributed by atoms with Gasteiger partial charge in [0.25, 0.3) is 0 Å². The van der Waals surface area contributed by atoms with E-state index in [-0.39, 0.29) is 13.0 Å². The van der Waals surface area contributed by atoms with Crippen molar-refractivity contribution in [3.05, 3.63) is 48.6 Å². The van der Waals surface area contributed by atoms with Crippen LogP contribution in [0.5, 0.6) is 0 Å². The van der Waals surface area contributed by atoms with Gasteiger partial charge in [-0.1, -0.05) is 36.5 Å². The van der Waals surface area contributed by atoms with Crippen LogP contribution in [0.1, 0.15) is 32.6 Å². The third-order valence-corrected chi connectivity index (χ3v) is 3.23. The third kappa shape index (κ3) is 5.00. The van der Waals surface area contributed by atoms with Crippen LogP contribution in [0.4, 0.5) is 13.2 Å². The highest BCUT2D eigenvalue weighted by molar-refractivity contribution is 5.23. The summed E-state index contributed by atoms with van der Waals surface area (Å²) in [5.74, 6) is 0. The molecule has 0 aliphatic heterocycles. The largest absolute Gasteiger partial charge is 0.417 e. The molecule has 1 atom stereocenters. The molecule has 0 saturated carbocycles. The van der Waals surface area contributed by atoms with E-state index in [1.54, 1.807) is 6.08 Å². The smallest absolute Gasteiger partial charge is 0.361 e. The SMILES string of the molecule is C=CCC(C)(OCC1=CCCC/C=C/C=C1)C(F)(F)F. The van der Waals surface area contributed by atoms with Gasteiger partial charge in [-0.2, -0.15) is 13.2 Å². The summed E-state index contributed by atoms with van der Waals surface area (Å²) >= 11 is 0. The predicted molar refractivity (Wildman–Crippen MR) is 75.4 cm³/mol. The fraction of sp³-hybridized carbons (Fsp3) is 0.500. The summed E-state index contributed by atoms with van der Waals surface area (Å²) in [6, 6.07) is 0. The fourth-order valence-corrected chi connectivity index (χ4v) is 1.83. The lowest BCUT2D eigenvalue weighted by atomic mass is 10.0. The first-order valence-electron chi connectivity index (χ1n) is 6.73. The van der Waals surface area contributed by atoms with Crippen LogP contribution >= 0.6 is 0 Å². The molecule has 0 aromatic carbocycles. The summed E-state index contributed by atoms with van der Waals surface area (Å²) in [4.78, 5) is 0. The maximum Gasteiger partial charge on any atom is 0.417 e. The van der Waals surface area contributed by atoms with E-state index in [1.165, 1.54) is 6.08 Å². The van der Waals surface area contributed by atoms with Crippen molar-refractivity contribution in [2.75, 3.05) is 6.61 Å². The van der Waals surface area contributed by atoms with Gasteiger partial charge >= 0.3 is 6.18 Å². The second-order valence-electron chi connectivity index (χ2n) is 5.01. The molecule has 4 heteroatoms. The number of allylic oxidation sites excluding steroid dienone is 4. The molecule has 1 rings (SSSR count). The van der Waals surface area contributed by atoms with Gasteiger partial charge in [-0.15, -0.1) is 6.58 Å². The van der Waals surface area contributed by atoms with Crippen LogP contribution < -0.4 is 0 Å². The van der Waals surface area contributed by atoms with Crippen molar-refractivity contribution in [1.29, 1.82) is 0 Å². The maximum atomic E-state index is 13.0. The Labute approximate surface area is 118 Å². The lowest BCUT2D eigenvalue weighted by molar-refractivity contribution is -0.266. The van der Waals surface area contributed by atoms with Crippen molar-refractivity contribution in [2.24, 2.45) is 0 Å². The Kier molecular flexibility index (Phi) is 6.27. The molecule has 0 radical (unpaired) electrons. The number of ether oxygens (including phenoxy) is 1. The van der Waals surface area contributed by atoms with E-state index in [1.807, 2.05) is 24.3 Å². The van der Waals surface area contributed by atoms with Crippen molar-refractivity contribution < 1.29 is 17.9 Å². The molecule has 0 heterocycles. The van der Waals surface area contributed by atoms with Crippen molar-refractivity contribution in [3.63, 3.8) is 0 Å². The molecule has 0 N–H and O–H groups in total. The first-order chi connectivity index (χ1) is 9.39. The molecule has 1 nitrogen and oxygen atoms in total. The quantitative estimate of drug-likeness (QED) is 0.637. The summed E-state index contributed by atoms with van der Waals surface area (Å²) in [5, 5.41) is 0. The Morgan fingerprint density at radius 2 is 2.05 bits per heavy atom. The summed E-state index contributed by atoms with van der Waals surface area (Å²) < 4.78 is 44.3. The van der Waals surface area contributed by atoms with Crippen LogP contribution in [0.25, 0.3) is 0 Å². The van der Waals surface area contributed by atoms with Gasteiger partial charge in [0.15, 0.2) is 5.60 Å². The topological polar surface area (TPSA) is 9.23 Å². The summed E-state index contributed by atoms with van der Waals surface area (Å²) in [6.07, 6.45) is 8.91. The Morgan fingerprint density at radius 1 is 1.30 bits per heavy atom. The molecule has 1 aliphatic rings. The molecule has 1 aliphatic carbocycles. The van der Waals surface area contributed by atoms with Crippen LogP contribution in [0, 0.1) is 0 Å². The third-order valence-electron chi connectivity index (χ3n) is 3.23. The normalized spacial score (nSPS) is 21.1. The van der Waals surface area contributed by atoms with Gasteiger partial charge in [-0.3, -0.25) is 0 Å². The lowest BCUT2D eigenvalue weighted by Gasteiger charge is -2.31. The molecule has 0 aromatic rings. The highest BCUT2D eigenvalue weighted by atomic mass is 19.4. The molecular weight excluding hydrogens is 265 g/mol. The molecule has 20 heavy (non-hydrogen) atoms. The molecule has 0 bridgehead atoms. The van der Waals surface area contributed by atoms with E-state index < -0.39 is 11.8 Å². The first kappa shape index (κ1) is 16.8. The summed E-state index contributed by atoms with van der Waals surface area (Å²) in [6.45, 7) is 4.39. The first-order valence-corrected chi connectivity index (χ1v) is 6.73. The second kappa shape index (κ2) is 7.48. The number of hydrogen-bond donors (Lipinski definition) is 0. The van der Waals surface area contributed by atoms with Gasteiger partial charge in [0.1, 0.15) is 0 Å². The van der Waals surface area contributed by atoms with Gasteiger partial charge in [0.05, 0.1) is 6.61 Å². The molecule has 0 amide bonds. The maximum absolute atomic E-state index is 13.0. The van der Waals surface area contributed by atoms with Crippen LogP contribution in [-0.2, 0) is 4.74 Å². The highest BCUT2D eigenvalue weighted by Gasteiger charge is 2.51. The molecule has 0 saturated heterocycles. The predicted octanol–water partition coefficient (Wildman–Crippen LogP) is 5.12. The van der Waals surface area contributed by atoms with E-state index in [2.05, 4.69) is 6.58 Å². The zero-order chi connectivity index (χ0) is 15.1. The molecule has 112 valence electrons. The number of alkyl halides is 3. The van der Waals surface area contributed by atoms with Crippen LogP contribution in [0.15, 0.2) is 48.6 Å². The lowest BCUT2D eigenvalue weighted by Crippen LogP contribution is -2.44. The minimum atomic E-state index is -4.41. The van der Waals surface area contributed by atoms with Gasteiger partial charge in [-0.05, 0) is 31.8 Å². The summed E-state index contributed by atoms with van der Waals surface area (Å²) in [5.41, 5.74) is -1.41. The zero-order valence-electron chi connectivity index (χ0n) is 11.7. The molecule has 0 fully saturated rings. The Bertz CT molecular complexity index is 404. The van der Waals surface area contributed by atoms with Crippen LogP contribution in [-0.4, -0.2) is 18.4 Å². The number of rotatable bonds is 5. The van der Waals surface area contributed by atoms with Gasteiger partial charge in [-0.25, -0.2) is 0 Å². The van der Waals surface area contributed by atoms with Crippen LogP contribution in [0.2, 0.25) is 0 Å². The fourth-order valence-electron chi connectivity index (χ4n) is 1.83. The van der Waals surface area contributed by atoms with Gasteiger partial charge in [0, 0.05) is 6.42 Å². The molecule has 0 spiro atoms. The highest BCUT2D eigenvalue weighted by Crippen LogP contribution is 2.36. The van der Waals surface area contributed by atoms with Crippen molar-refractivity contribution >= 4 is 0 Å². The van der Waals surface area contributed by atoms with E-state index in [9.17, 15) is 13.2 Å². The average molecular weight is 286 g/mol.